The van der Waals surface area contributed by atoms with E-state index in [4.69, 9.17) is 5.73 Å². The molecule has 0 radical (unpaired) electrons. The van der Waals surface area contributed by atoms with Gasteiger partial charge in [-0.1, -0.05) is 18.2 Å². The standard InChI is InChI=1S/C17H22N4O5S/c18-11(8-27)15(23)21-14(7-22)16(24)20-13(17(25)26)5-9-6-19-12-4-2-1-3-10(9)12/h1-4,6,11,13-14,19,22,27H,5,7-8,18H2,(H,20,24)(H,21,23)(H,25,26)/t11-,13-,14-/m0/s1. The van der Waals surface area contributed by atoms with Gasteiger partial charge in [-0.3, -0.25) is 9.59 Å². The van der Waals surface area contributed by atoms with Crippen LogP contribution in [0.2, 0.25) is 0 Å². The fraction of sp³-hybridized carbons (Fsp3) is 0.353. The van der Waals surface area contributed by atoms with E-state index in [-0.39, 0.29) is 12.2 Å². The number of aromatic amines is 1. The number of aromatic nitrogens is 1. The summed E-state index contributed by atoms with van der Waals surface area (Å²) in [4.78, 5) is 38.7. The van der Waals surface area contributed by atoms with Gasteiger partial charge in [0.2, 0.25) is 11.8 Å². The Morgan fingerprint density at radius 1 is 1.15 bits per heavy atom. The van der Waals surface area contributed by atoms with Gasteiger partial charge in [0, 0.05) is 29.3 Å². The SMILES string of the molecule is N[C@@H](CS)C(=O)N[C@@H](CO)C(=O)N[C@@H](Cc1c[nH]c2ccccc12)C(=O)O. The number of thiol groups is 1. The maximum atomic E-state index is 12.3. The minimum Gasteiger partial charge on any atom is -0.480 e. The van der Waals surface area contributed by atoms with E-state index >= 15 is 0 Å². The van der Waals surface area contributed by atoms with Crippen molar-refractivity contribution in [3.63, 3.8) is 0 Å². The fourth-order valence-electron chi connectivity index (χ4n) is 2.55. The molecular formula is C17H22N4O5S. The zero-order chi connectivity index (χ0) is 20.0. The van der Waals surface area contributed by atoms with Crippen molar-refractivity contribution in [3.8, 4) is 0 Å². The second kappa shape index (κ2) is 9.40. The van der Waals surface area contributed by atoms with Gasteiger partial charge < -0.3 is 31.6 Å². The van der Waals surface area contributed by atoms with Gasteiger partial charge in [-0.25, -0.2) is 4.79 Å². The topological polar surface area (TPSA) is 158 Å². The largest absolute Gasteiger partial charge is 0.480 e. The lowest BCUT2D eigenvalue weighted by molar-refractivity contribution is -0.142. The molecule has 0 aliphatic rings. The molecular weight excluding hydrogens is 372 g/mol. The minimum atomic E-state index is -1.31. The highest BCUT2D eigenvalue weighted by atomic mass is 32.1. The monoisotopic (exact) mass is 394 g/mol. The number of nitrogens with two attached hydrogens (primary N) is 1. The Balaban J connectivity index is 2.09. The number of aliphatic hydroxyl groups is 1. The summed E-state index contributed by atoms with van der Waals surface area (Å²) in [6, 6.07) is 3.89. The van der Waals surface area contributed by atoms with E-state index in [1.54, 1.807) is 6.20 Å². The number of hydrogen-bond acceptors (Lipinski definition) is 6. The number of nitrogens with one attached hydrogen (secondary N) is 3. The first-order valence-electron chi connectivity index (χ1n) is 8.23. The number of carboxylic acid groups (broad SMARTS) is 1. The minimum absolute atomic E-state index is 0.0351. The van der Waals surface area contributed by atoms with Crippen LogP contribution in [-0.4, -0.2) is 63.5 Å². The molecule has 146 valence electrons. The maximum absolute atomic E-state index is 12.3. The van der Waals surface area contributed by atoms with Crippen molar-refractivity contribution in [1.82, 2.24) is 15.6 Å². The lowest BCUT2D eigenvalue weighted by atomic mass is 10.0. The second-order valence-electron chi connectivity index (χ2n) is 6.00. The average Bonchev–Trinajstić information content (AvgIpc) is 3.07. The van der Waals surface area contributed by atoms with Gasteiger partial charge in [0.05, 0.1) is 12.6 Å². The Morgan fingerprint density at radius 3 is 2.44 bits per heavy atom. The highest BCUT2D eigenvalue weighted by Crippen LogP contribution is 2.19. The smallest absolute Gasteiger partial charge is 0.326 e. The average molecular weight is 394 g/mol. The molecule has 7 N–H and O–H groups in total. The highest BCUT2D eigenvalue weighted by molar-refractivity contribution is 7.80. The van der Waals surface area contributed by atoms with Gasteiger partial charge in [-0.15, -0.1) is 0 Å². The number of fused-ring (bicyclic) bond motifs is 1. The number of carboxylic acids is 1. The molecule has 0 bridgehead atoms. The van der Waals surface area contributed by atoms with Crippen LogP contribution in [0.25, 0.3) is 10.9 Å². The Kier molecular flexibility index (Phi) is 7.22. The third kappa shape index (κ3) is 5.22. The summed E-state index contributed by atoms with van der Waals surface area (Å²) < 4.78 is 0. The Labute approximate surface area is 160 Å². The van der Waals surface area contributed by atoms with Gasteiger partial charge >= 0.3 is 5.97 Å². The molecule has 0 saturated carbocycles. The van der Waals surface area contributed by atoms with Crippen molar-refractivity contribution in [1.29, 1.82) is 0 Å². The van der Waals surface area contributed by atoms with E-state index in [1.807, 2.05) is 24.3 Å². The van der Waals surface area contributed by atoms with E-state index in [9.17, 15) is 24.6 Å². The molecule has 2 amide bonds. The number of carbonyl (C=O) groups is 3. The number of para-hydroxylation sites is 1. The molecule has 27 heavy (non-hydrogen) atoms. The number of aliphatic carboxylic acids is 1. The number of H-pyrrole nitrogens is 1. The molecule has 1 aromatic heterocycles. The summed E-state index contributed by atoms with van der Waals surface area (Å²) in [6.45, 7) is -0.698. The molecule has 0 aliphatic carbocycles. The van der Waals surface area contributed by atoms with Crippen molar-refractivity contribution in [2.45, 2.75) is 24.5 Å². The summed E-state index contributed by atoms with van der Waals surface area (Å²) >= 11 is 3.89. The van der Waals surface area contributed by atoms with Gasteiger partial charge in [0.25, 0.3) is 0 Å². The summed E-state index contributed by atoms with van der Waals surface area (Å²) in [7, 11) is 0. The third-order valence-corrected chi connectivity index (χ3v) is 4.46. The second-order valence-corrected chi connectivity index (χ2v) is 6.36. The summed E-state index contributed by atoms with van der Waals surface area (Å²) in [5, 5.41) is 24.3. The molecule has 9 nitrogen and oxygen atoms in total. The van der Waals surface area contributed by atoms with Crippen LogP contribution < -0.4 is 16.4 Å². The maximum Gasteiger partial charge on any atom is 0.326 e. The first-order valence-corrected chi connectivity index (χ1v) is 8.86. The van der Waals surface area contributed by atoms with Crippen LogP contribution in [0.15, 0.2) is 30.5 Å². The summed E-state index contributed by atoms with van der Waals surface area (Å²) in [5.74, 6) is -2.65. The molecule has 2 rings (SSSR count). The predicted molar refractivity (Wildman–Crippen MR) is 102 cm³/mol. The lowest BCUT2D eigenvalue weighted by Crippen LogP contribution is -2.56. The van der Waals surface area contributed by atoms with Gasteiger partial charge in [0.15, 0.2) is 0 Å². The zero-order valence-electron chi connectivity index (χ0n) is 14.4. The van der Waals surface area contributed by atoms with Crippen molar-refractivity contribution < 1.29 is 24.6 Å². The third-order valence-electron chi connectivity index (χ3n) is 4.06. The van der Waals surface area contributed by atoms with Crippen LogP contribution >= 0.6 is 12.6 Å². The van der Waals surface area contributed by atoms with Crippen LogP contribution in [0.1, 0.15) is 5.56 Å². The number of rotatable bonds is 9. The molecule has 1 aromatic carbocycles. The van der Waals surface area contributed by atoms with Crippen LogP contribution in [0.3, 0.4) is 0 Å². The number of hydrogen-bond donors (Lipinski definition) is 7. The van der Waals surface area contributed by atoms with E-state index in [1.165, 1.54) is 0 Å². The number of carbonyl (C=O) groups excluding carboxylic acids is 2. The van der Waals surface area contributed by atoms with Crippen molar-refractivity contribution >= 4 is 41.3 Å². The first kappa shape index (κ1) is 20.7. The van der Waals surface area contributed by atoms with Crippen LogP contribution in [0.5, 0.6) is 0 Å². The number of aliphatic hydroxyl groups excluding tert-OH is 1. The van der Waals surface area contributed by atoms with E-state index in [2.05, 4.69) is 28.2 Å². The predicted octanol–water partition coefficient (Wildman–Crippen LogP) is -0.986. The van der Waals surface area contributed by atoms with Crippen LogP contribution in [-0.2, 0) is 20.8 Å². The molecule has 0 saturated heterocycles. The zero-order valence-corrected chi connectivity index (χ0v) is 15.3. The molecule has 0 unspecified atom stereocenters. The van der Waals surface area contributed by atoms with Gasteiger partial charge in [-0.2, -0.15) is 12.6 Å². The molecule has 10 heteroatoms. The molecule has 1 heterocycles. The number of benzene rings is 1. The van der Waals surface area contributed by atoms with Crippen molar-refractivity contribution in [2.24, 2.45) is 5.73 Å². The molecule has 2 aromatic rings. The van der Waals surface area contributed by atoms with Crippen molar-refractivity contribution in [3.05, 3.63) is 36.0 Å². The fourth-order valence-corrected chi connectivity index (χ4v) is 2.71. The van der Waals surface area contributed by atoms with Gasteiger partial charge in [-0.05, 0) is 11.6 Å². The molecule has 3 atom stereocenters. The normalized spacial score (nSPS) is 14.3. The highest BCUT2D eigenvalue weighted by Gasteiger charge is 2.28. The van der Waals surface area contributed by atoms with E-state index < -0.39 is 42.5 Å². The van der Waals surface area contributed by atoms with Crippen LogP contribution in [0.4, 0.5) is 0 Å². The van der Waals surface area contributed by atoms with Gasteiger partial charge in [0.1, 0.15) is 12.1 Å². The summed E-state index contributed by atoms with van der Waals surface area (Å²) in [6.07, 6.45) is 1.72. The Hall–Kier alpha value is -2.56. The molecule has 0 fully saturated rings. The molecule has 0 aliphatic heterocycles. The quantitative estimate of drug-likeness (QED) is 0.271. The molecule has 0 spiro atoms. The summed E-state index contributed by atoms with van der Waals surface area (Å²) in [5.41, 5.74) is 7.09. The lowest BCUT2D eigenvalue weighted by Gasteiger charge is -2.21. The van der Waals surface area contributed by atoms with Crippen molar-refractivity contribution in [2.75, 3.05) is 12.4 Å². The Morgan fingerprint density at radius 2 is 1.81 bits per heavy atom. The van der Waals surface area contributed by atoms with E-state index in [0.29, 0.717) is 0 Å². The van der Waals surface area contributed by atoms with Crippen LogP contribution in [0, 0.1) is 0 Å². The Bertz CT molecular complexity index is 825. The first-order chi connectivity index (χ1) is 12.9. The number of amides is 2. The van der Waals surface area contributed by atoms with E-state index in [0.717, 1.165) is 16.5 Å².